The number of aryl methyl sites for hydroxylation is 1. The number of benzene rings is 4. The van der Waals surface area contributed by atoms with Crippen LogP contribution in [0.4, 0.5) is 5.69 Å². The van der Waals surface area contributed by atoms with Crippen LogP contribution in [-0.2, 0) is 24.4 Å². The lowest BCUT2D eigenvalue weighted by atomic mass is 10.1. The molecule has 0 spiro atoms. The average molecular weight is 626 g/mol. The summed E-state index contributed by atoms with van der Waals surface area (Å²) in [5.74, 6) is -0.833. The van der Waals surface area contributed by atoms with Gasteiger partial charge in [0.25, 0.3) is 11.5 Å². The number of hydrogen-bond donors (Lipinski definition) is 3. The van der Waals surface area contributed by atoms with Gasteiger partial charge in [0.05, 0.1) is 22.1 Å². The zero-order valence-corrected chi connectivity index (χ0v) is 26.0. The number of rotatable bonds is 9. The van der Waals surface area contributed by atoms with E-state index >= 15 is 0 Å². The van der Waals surface area contributed by atoms with Crippen molar-refractivity contribution in [3.05, 3.63) is 131 Å². The van der Waals surface area contributed by atoms with Crippen LogP contribution in [-0.4, -0.2) is 42.1 Å². The Morgan fingerprint density at radius 2 is 1.49 bits per heavy atom. The smallest absolute Gasteiger partial charge is 0.300 e. The molecule has 0 radical (unpaired) electrons. The monoisotopic (exact) mass is 625 g/mol. The van der Waals surface area contributed by atoms with E-state index in [1.54, 1.807) is 12.4 Å². The number of anilines is 1. The average Bonchev–Trinajstić information content (AvgIpc) is 3.44. The van der Waals surface area contributed by atoms with E-state index in [0.717, 1.165) is 60.6 Å². The number of aromatic amines is 1. The fourth-order valence-corrected chi connectivity index (χ4v) is 5.69. The first-order valence-electron chi connectivity index (χ1n) is 15.4. The highest BCUT2D eigenvalue weighted by atomic mass is 16.4. The highest BCUT2D eigenvalue weighted by Crippen LogP contribution is 2.33. The van der Waals surface area contributed by atoms with Crippen molar-refractivity contribution in [3.63, 3.8) is 0 Å². The minimum absolute atomic E-state index is 0.246. The largest absolute Gasteiger partial charge is 0.481 e. The Kier molecular flexibility index (Phi) is 9.31. The Hall–Kier alpha value is -5.87. The van der Waals surface area contributed by atoms with Crippen LogP contribution in [0.15, 0.2) is 114 Å². The molecule has 0 atom stereocenters. The van der Waals surface area contributed by atoms with E-state index in [2.05, 4.69) is 91.1 Å². The summed E-state index contributed by atoms with van der Waals surface area (Å²) in [6, 6.07) is 31.2. The molecular weight excluding hydrogens is 590 g/mol. The summed E-state index contributed by atoms with van der Waals surface area (Å²) < 4.78 is 2.18. The van der Waals surface area contributed by atoms with Crippen molar-refractivity contribution in [1.82, 2.24) is 24.5 Å². The number of aliphatic carboxylic acids is 1. The molecule has 0 fully saturated rings. The summed E-state index contributed by atoms with van der Waals surface area (Å²) in [7, 11) is 0. The van der Waals surface area contributed by atoms with Crippen molar-refractivity contribution in [3.8, 4) is 11.3 Å². The maximum atomic E-state index is 13.5. The Labute approximate surface area is 271 Å². The van der Waals surface area contributed by atoms with E-state index in [1.807, 2.05) is 30.5 Å². The molecule has 10 nitrogen and oxygen atoms in total. The van der Waals surface area contributed by atoms with Gasteiger partial charge in [-0.2, -0.15) is 0 Å². The van der Waals surface area contributed by atoms with Crippen LogP contribution in [0.2, 0.25) is 0 Å². The van der Waals surface area contributed by atoms with Crippen LogP contribution in [0, 0.1) is 0 Å². The lowest BCUT2D eigenvalue weighted by molar-refractivity contribution is -0.134. The van der Waals surface area contributed by atoms with E-state index < -0.39 is 5.97 Å². The number of H-pyrrole nitrogens is 1. The molecule has 236 valence electrons. The van der Waals surface area contributed by atoms with Gasteiger partial charge in [0.15, 0.2) is 0 Å². The second-order valence-electron chi connectivity index (χ2n) is 11.3. The number of nitrogens with zero attached hydrogens (tertiary/aromatic N) is 5. The van der Waals surface area contributed by atoms with Crippen molar-refractivity contribution >= 4 is 44.6 Å². The summed E-state index contributed by atoms with van der Waals surface area (Å²) in [4.78, 5) is 41.6. The Morgan fingerprint density at radius 1 is 0.872 bits per heavy atom. The summed E-state index contributed by atoms with van der Waals surface area (Å²) in [5, 5.41) is 8.39. The number of aromatic nitrogens is 5. The predicted molar refractivity (Wildman–Crippen MR) is 186 cm³/mol. The zero-order valence-electron chi connectivity index (χ0n) is 26.0. The molecule has 4 aromatic carbocycles. The lowest BCUT2D eigenvalue weighted by Crippen LogP contribution is -2.22. The standard InChI is InChI=1S/C35H31N7O.C2H4O2/c36-14-7-17-41-23-28(34-35(43)40-32-20-30-29(19-31(32)39-34)37-15-16-38-30)27-18-26(12-13-33(27)41)42(21-24-8-3-1-4-9-24)22-25-10-5-2-6-11-25;1-2(3)4/h1-6,8-13,15-16,18-20,23H,7,14,17,21-22,36H2,(H,40,43);1H3,(H,3,4). The molecule has 0 saturated carbocycles. The number of hydrogen-bond acceptors (Lipinski definition) is 7. The summed E-state index contributed by atoms with van der Waals surface area (Å²) >= 11 is 0. The lowest BCUT2D eigenvalue weighted by Gasteiger charge is -2.26. The molecule has 7 rings (SSSR count). The normalized spacial score (nSPS) is 11.0. The second kappa shape index (κ2) is 14.1. The van der Waals surface area contributed by atoms with Crippen LogP contribution in [0.3, 0.4) is 0 Å². The third-order valence-corrected chi connectivity index (χ3v) is 7.80. The van der Waals surface area contributed by atoms with Gasteiger partial charge in [0, 0.05) is 67.3 Å². The van der Waals surface area contributed by atoms with Crippen molar-refractivity contribution < 1.29 is 9.90 Å². The molecule has 0 aliphatic rings. The maximum absolute atomic E-state index is 13.5. The van der Waals surface area contributed by atoms with Crippen LogP contribution in [0.25, 0.3) is 44.2 Å². The van der Waals surface area contributed by atoms with E-state index in [-0.39, 0.29) is 5.56 Å². The van der Waals surface area contributed by atoms with Crippen LogP contribution < -0.4 is 16.2 Å². The number of nitrogens with two attached hydrogens (primary N) is 1. The van der Waals surface area contributed by atoms with Crippen molar-refractivity contribution in [2.75, 3.05) is 11.4 Å². The highest BCUT2D eigenvalue weighted by molar-refractivity contribution is 5.98. The molecule has 7 aromatic rings. The molecule has 4 N–H and O–H groups in total. The topological polar surface area (TPSA) is 143 Å². The van der Waals surface area contributed by atoms with Crippen molar-refractivity contribution in [2.45, 2.75) is 33.0 Å². The van der Waals surface area contributed by atoms with E-state index in [0.29, 0.717) is 28.8 Å². The predicted octanol–water partition coefficient (Wildman–Crippen LogP) is 6.13. The van der Waals surface area contributed by atoms with Gasteiger partial charge in [0.1, 0.15) is 5.69 Å². The SMILES string of the molecule is CC(=O)O.NCCCn1cc(-c2nc3cc4nccnc4cc3[nH]c2=O)c2cc(N(Cc3ccccc3)Cc3ccccc3)ccc21. The molecule has 47 heavy (non-hydrogen) atoms. The molecule has 0 amide bonds. The quantitative estimate of drug-likeness (QED) is 0.163. The van der Waals surface area contributed by atoms with Crippen LogP contribution in [0.5, 0.6) is 0 Å². The van der Waals surface area contributed by atoms with E-state index in [9.17, 15) is 4.79 Å². The van der Waals surface area contributed by atoms with Gasteiger partial charge in [-0.3, -0.25) is 19.6 Å². The Bertz CT molecular complexity index is 2170. The van der Waals surface area contributed by atoms with Gasteiger partial charge >= 0.3 is 0 Å². The zero-order chi connectivity index (χ0) is 32.8. The molecular formula is C37H35N7O3. The number of carboxylic acids is 1. The van der Waals surface area contributed by atoms with Crippen molar-refractivity contribution in [2.24, 2.45) is 5.73 Å². The molecule has 0 aliphatic carbocycles. The van der Waals surface area contributed by atoms with Crippen LogP contribution >= 0.6 is 0 Å². The summed E-state index contributed by atoms with van der Waals surface area (Å²) in [5.41, 5.74) is 14.1. The van der Waals surface area contributed by atoms with E-state index in [4.69, 9.17) is 20.6 Å². The highest BCUT2D eigenvalue weighted by Gasteiger charge is 2.18. The minimum atomic E-state index is -0.833. The van der Waals surface area contributed by atoms with Gasteiger partial charge in [-0.1, -0.05) is 60.7 Å². The second-order valence-corrected chi connectivity index (χ2v) is 11.3. The van der Waals surface area contributed by atoms with Crippen molar-refractivity contribution in [1.29, 1.82) is 0 Å². The van der Waals surface area contributed by atoms with Gasteiger partial charge in [0.2, 0.25) is 0 Å². The number of carboxylic acid groups (broad SMARTS) is 1. The molecule has 0 bridgehead atoms. The fourth-order valence-electron chi connectivity index (χ4n) is 5.69. The first-order valence-corrected chi connectivity index (χ1v) is 15.4. The molecule has 0 unspecified atom stereocenters. The number of nitrogens with one attached hydrogen (secondary N) is 1. The molecule has 10 heteroatoms. The molecule has 3 heterocycles. The van der Waals surface area contributed by atoms with Gasteiger partial charge in [-0.25, -0.2) is 4.98 Å². The molecule has 0 saturated heterocycles. The maximum Gasteiger partial charge on any atom is 0.300 e. The summed E-state index contributed by atoms with van der Waals surface area (Å²) in [6.45, 7) is 3.90. The molecule has 3 aromatic heterocycles. The number of fused-ring (bicyclic) bond motifs is 3. The first kappa shape index (κ1) is 31.1. The van der Waals surface area contributed by atoms with Gasteiger partial charge in [-0.05, 0) is 54.4 Å². The Morgan fingerprint density at radius 3 is 2.11 bits per heavy atom. The summed E-state index contributed by atoms with van der Waals surface area (Å²) in [6.07, 6.45) is 6.16. The first-order chi connectivity index (χ1) is 22.9. The molecule has 0 aliphatic heterocycles. The third kappa shape index (κ3) is 7.18. The number of carbonyl (C=O) groups is 1. The fraction of sp³-hybridized carbons (Fsp3) is 0.162. The van der Waals surface area contributed by atoms with Gasteiger partial charge < -0.3 is 25.3 Å². The minimum Gasteiger partial charge on any atom is -0.481 e. The third-order valence-electron chi connectivity index (χ3n) is 7.80. The Balaban J connectivity index is 0.000000915. The van der Waals surface area contributed by atoms with E-state index in [1.165, 1.54) is 11.1 Å². The van der Waals surface area contributed by atoms with Gasteiger partial charge in [-0.15, -0.1) is 0 Å². The van der Waals surface area contributed by atoms with Crippen LogP contribution in [0.1, 0.15) is 24.5 Å².